The number of carbonyl (C=O) groups is 1. The molecule has 1 atom stereocenters. The molecular weight excluding hydrogens is 168 g/mol. The van der Waals surface area contributed by atoms with Crippen LogP contribution >= 0.6 is 0 Å². The fourth-order valence-corrected chi connectivity index (χ4v) is 0.788. The summed E-state index contributed by atoms with van der Waals surface area (Å²) in [7, 11) is 0. The van der Waals surface area contributed by atoms with Gasteiger partial charge >= 0.3 is 5.97 Å². The summed E-state index contributed by atoms with van der Waals surface area (Å²) in [6.45, 7) is 2.24. The maximum absolute atomic E-state index is 10.6. The molecule has 0 aliphatic carbocycles. The summed E-state index contributed by atoms with van der Waals surface area (Å²) in [5, 5.41) is 0. The number of esters is 1. The van der Waals surface area contributed by atoms with Crippen LogP contribution in [0.4, 0.5) is 0 Å². The molecular formula is C6H11O4S-. The SMILES string of the molecule is CCCOC(=O)CCS(=O)[O-]. The molecule has 0 rings (SSSR count). The zero-order chi connectivity index (χ0) is 8.69. The van der Waals surface area contributed by atoms with Crippen LogP contribution in [0.15, 0.2) is 0 Å². The Labute approximate surface area is 68.2 Å². The highest BCUT2D eigenvalue weighted by molar-refractivity contribution is 7.79. The van der Waals surface area contributed by atoms with Gasteiger partial charge < -0.3 is 9.29 Å². The first kappa shape index (κ1) is 10.6. The molecule has 0 saturated heterocycles. The van der Waals surface area contributed by atoms with Crippen molar-refractivity contribution >= 4 is 17.0 Å². The minimum atomic E-state index is -2.14. The normalized spacial score (nSPS) is 12.5. The molecule has 0 N–H and O–H groups in total. The zero-order valence-electron chi connectivity index (χ0n) is 6.37. The Balaban J connectivity index is 3.30. The molecule has 5 heteroatoms. The Kier molecular flexibility index (Phi) is 6.06. The number of hydrogen-bond acceptors (Lipinski definition) is 4. The number of ether oxygens (including phenoxy) is 1. The molecule has 66 valence electrons. The summed E-state index contributed by atoms with van der Waals surface area (Å²) in [4.78, 5) is 10.6. The van der Waals surface area contributed by atoms with Gasteiger partial charge in [-0.1, -0.05) is 18.0 Å². The summed E-state index contributed by atoms with van der Waals surface area (Å²) < 4.78 is 24.6. The summed E-state index contributed by atoms with van der Waals surface area (Å²) in [6, 6.07) is 0. The van der Waals surface area contributed by atoms with E-state index in [-0.39, 0.29) is 12.2 Å². The van der Waals surface area contributed by atoms with Gasteiger partial charge in [0.25, 0.3) is 0 Å². The summed E-state index contributed by atoms with van der Waals surface area (Å²) in [5.74, 6) is -0.598. The maximum Gasteiger partial charge on any atom is 0.306 e. The Morgan fingerprint density at radius 2 is 2.27 bits per heavy atom. The Hall–Kier alpha value is -0.420. The van der Waals surface area contributed by atoms with E-state index in [4.69, 9.17) is 0 Å². The van der Waals surface area contributed by atoms with Gasteiger partial charge in [0, 0.05) is 5.75 Å². The van der Waals surface area contributed by atoms with Crippen molar-refractivity contribution in [3.8, 4) is 0 Å². The molecule has 0 spiro atoms. The van der Waals surface area contributed by atoms with Crippen molar-refractivity contribution in [3.63, 3.8) is 0 Å². The third kappa shape index (κ3) is 7.48. The Bertz CT molecular complexity index is 146. The molecule has 0 aromatic heterocycles. The van der Waals surface area contributed by atoms with Crippen molar-refractivity contribution in [1.29, 1.82) is 0 Å². The first-order valence-corrected chi connectivity index (χ1v) is 4.62. The highest BCUT2D eigenvalue weighted by atomic mass is 32.2. The lowest BCUT2D eigenvalue weighted by Gasteiger charge is -2.04. The van der Waals surface area contributed by atoms with E-state index < -0.39 is 17.0 Å². The molecule has 0 aliphatic heterocycles. The monoisotopic (exact) mass is 179 g/mol. The molecule has 0 saturated carbocycles. The lowest BCUT2D eigenvalue weighted by molar-refractivity contribution is -0.143. The van der Waals surface area contributed by atoms with Gasteiger partial charge in [-0.25, -0.2) is 0 Å². The van der Waals surface area contributed by atoms with E-state index in [2.05, 4.69) is 4.74 Å². The van der Waals surface area contributed by atoms with Gasteiger partial charge in [0.15, 0.2) is 0 Å². The van der Waals surface area contributed by atoms with Gasteiger partial charge in [0.05, 0.1) is 13.0 Å². The van der Waals surface area contributed by atoms with Crippen LogP contribution in [0.1, 0.15) is 19.8 Å². The van der Waals surface area contributed by atoms with Gasteiger partial charge in [-0.3, -0.25) is 9.00 Å². The highest BCUT2D eigenvalue weighted by Crippen LogP contribution is 1.89. The van der Waals surface area contributed by atoms with Crippen LogP contribution in [0.3, 0.4) is 0 Å². The van der Waals surface area contributed by atoms with Crippen LogP contribution in [0, 0.1) is 0 Å². The first-order chi connectivity index (χ1) is 5.16. The molecule has 1 unspecified atom stereocenters. The maximum atomic E-state index is 10.6. The molecule has 0 radical (unpaired) electrons. The van der Waals surface area contributed by atoms with Crippen LogP contribution in [-0.2, 0) is 20.6 Å². The molecule has 0 fully saturated rings. The van der Waals surface area contributed by atoms with Crippen molar-refractivity contribution in [2.24, 2.45) is 0 Å². The minimum absolute atomic E-state index is 0.0455. The fraction of sp³-hybridized carbons (Fsp3) is 0.833. The predicted octanol–water partition coefficient (Wildman–Crippen LogP) is 0.209. The zero-order valence-corrected chi connectivity index (χ0v) is 7.19. The number of carbonyl (C=O) groups excluding carboxylic acids is 1. The van der Waals surface area contributed by atoms with Gasteiger partial charge in [0.1, 0.15) is 0 Å². The van der Waals surface area contributed by atoms with E-state index in [1.165, 1.54) is 0 Å². The van der Waals surface area contributed by atoms with Crippen LogP contribution in [0.5, 0.6) is 0 Å². The average molecular weight is 179 g/mol. The van der Waals surface area contributed by atoms with Crippen molar-refractivity contribution in [2.45, 2.75) is 19.8 Å². The van der Waals surface area contributed by atoms with E-state index in [0.29, 0.717) is 6.61 Å². The third-order valence-electron chi connectivity index (χ3n) is 0.940. The lowest BCUT2D eigenvalue weighted by Crippen LogP contribution is -2.09. The summed E-state index contributed by atoms with van der Waals surface area (Å²) >= 11 is -2.14. The predicted molar refractivity (Wildman–Crippen MR) is 39.7 cm³/mol. The topological polar surface area (TPSA) is 66.4 Å². The molecule has 0 aromatic carbocycles. The van der Waals surface area contributed by atoms with Gasteiger partial charge in [-0.15, -0.1) is 0 Å². The second kappa shape index (κ2) is 6.30. The second-order valence-electron chi connectivity index (χ2n) is 1.98. The van der Waals surface area contributed by atoms with Crippen LogP contribution in [-0.4, -0.2) is 27.1 Å². The van der Waals surface area contributed by atoms with Crippen LogP contribution in [0.2, 0.25) is 0 Å². The lowest BCUT2D eigenvalue weighted by atomic mass is 10.5. The molecule has 0 aliphatic rings. The largest absolute Gasteiger partial charge is 0.772 e. The Morgan fingerprint density at radius 1 is 1.64 bits per heavy atom. The molecule has 11 heavy (non-hydrogen) atoms. The van der Waals surface area contributed by atoms with Crippen molar-refractivity contribution in [3.05, 3.63) is 0 Å². The van der Waals surface area contributed by atoms with E-state index in [1.54, 1.807) is 0 Å². The summed E-state index contributed by atoms with van der Waals surface area (Å²) in [5.41, 5.74) is 0. The van der Waals surface area contributed by atoms with Crippen molar-refractivity contribution < 1.29 is 18.3 Å². The molecule has 0 heterocycles. The van der Waals surface area contributed by atoms with Crippen molar-refractivity contribution in [2.75, 3.05) is 12.4 Å². The second-order valence-corrected chi connectivity index (χ2v) is 2.99. The summed E-state index contributed by atoms with van der Waals surface area (Å²) in [6.07, 6.45) is 0.711. The number of hydrogen-bond donors (Lipinski definition) is 0. The smallest absolute Gasteiger partial charge is 0.306 e. The van der Waals surface area contributed by atoms with E-state index in [9.17, 15) is 13.6 Å². The van der Waals surface area contributed by atoms with Gasteiger partial charge in [0.2, 0.25) is 0 Å². The third-order valence-corrected chi connectivity index (χ3v) is 1.48. The van der Waals surface area contributed by atoms with Gasteiger partial charge in [-0.05, 0) is 6.42 Å². The Morgan fingerprint density at radius 3 is 2.73 bits per heavy atom. The highest BCUT2D eigenvalue weighted by Gasteiger charge is 2.00. The quantitative estimate of drug-likeness (QED) is 0.447. The molecule has 4 nitrogen and oxygen atoms in total. The fourth-order valence-electron chi connectivity index (χ4n) is 0.455. The standard InChI is InChI=1S/C6H12O4S/c1-2-4-10-6(7)3-5-11(8)9/h2-5H2,1H3,(H,8,9)/p-1. The average Bonchev–Trinajstić information content (AvgIpc) is 1.97. The minimum Gasteiger partial charge on any atom is -0.772 e. The van der Waals surface area contributed by atoms with Crippen LogP contribution in [0.25, 0.3) is 0 Å². The molecule has 0 aromatic rings. The van der Waals surface area contributed by atoms with E-state index in [0.717, 1.165) is 6.42 Å². The van der Waals surface area contributed by atoms with Crippen molar-refractivity contribution in [1.82, 2.24) is 0 Å². The first-order valence-electron chi connectivity index (χ1n) is 3.38. The number of rotatable bonds is 5. The van der Waals surface area contributed by atoms with Gasteiger partial charge in [-0.2, -0.15) is 0 Å². The van der Waals surface area contributed by atoms with Crippen LogP contribution < -0.4 is 0 Å². The molecule has 0 bridgehead atoms. The molecule has 0 amide bonds. The van der Waals surface area contributed by atoms with E-state index >= 15 is 0 Å². The van der Waals surface area contributed by atoms with E-state index in [1.807, 2.05) is 6.92 Å².